The Balaban J connectivity index is 1.37. The van der Waals surface area contributed by atoms with Gasteiger partial charge in [-0.15, -0.1) is 0 Å². The van der Waals surface area contributed by atoms with Gasteiger partial charge in [0.25, 0.3) is 0 Å². The summed E-state index contributed by atoms with van der Waals surface area (Å²) in [6, 6.07) is 6.85. The number of rotatable bonds is 45. The number of aromatic amines is 2. The first-order chi connectivity index (χ1) is 47.4. The van der Waals surface area contributed by atoms with Gasteiger partial charge in [0.15, 0.2) is 0 Å². The van der Waals surface area contributed by atoms with Gasteiger partial charge in [-0.25, -0.2) is 38.4 Å². The quantitative estimate of drug-likeness (QED) is 0.0281. The van der Waals surface area contributed by atoms with Gasteiger partial charge in [-0.1, -0.05) is 97.2 Å². The van der Waals surface area contributed by atoms with Crippen molar-refractivity contribution in [1.82, 2.24) is 95.0 Å². The van der Waals surface area contributed by atoms with Gasteiger partial charge in [0.2, 0.25) is 5.91 Å². The molecule has 0 unspecified atom stereocenters. The zero-order chi connectivity index (χ0) is 72.7. The number of benzene rings is 2. The monoisotopic (exact) mass is 1390 g/mol. The van der Waals surface area contributed by atoms with Crippen molar-refractivity contribution in [3.63, 3.8) is 0 Å². The molecule has 2 aromatic carbocycles. The van der Waals surface area contributed by atoms with E-state index in [1.165, 1.54) is 0 Å². The lowest BCUT2D eigenvalue weighted by Crippen LogP contribution is -2.56. The predicted octanol–water partition coefficient (Wildman–Crippen LogP) is 3.81. The molecule has 31 nitrogen and oxygen atoms in total. The minimum Gasteiger partial charge on any atom is -0.368 e. The minimum absolute atomic E-state index is 0.00349. The van der Waals surface area contributed by atoms with Crippen LogP contribution >= 0.6 is 0 Å². The van der Waals surface area contributed by atoms with Crippen LogP contribution in [0.4, 0.5) is 38.4 Å². The molecule has 0 saturated heterocycles. The standard InChI is InChI=1S/C68H118N22O9/c1-42(2)26-27-57(60(72)91)88-66(97)77-37-50(21-15-18-30-71)83-61(92)78-38-51(31-46-33-73-55-24-11-9-22-53(46)55)86-62(93)75-35-48(19-13-16-28-69)84-64(95)80-40-58(43(3)4)89-67(98)79-39-52(32-47-34-74-56-25-12-10-23-54(47)56)87-63(94)76-36-49(20-14-17-29-70)85-65(96)81-41-59(44(5)6)90-68(99)82-45(7)8/h9-12,22-25,33-34,42-45,48-52,57-59,73-74H,13-21,26-32,35-41,69-71H2,1-8H3,(H2,72,91)(H2,75,86,93)(H2,76,87,94)(H2,77,88,97)(H2,78,83,92)(H2,79,89,98)(H2,80,84,95)(H2,81,85,96)(H2,82,90,99)/t48-,49-,50-,51-,52-,57-,58+,59+/m0/s1. The van der Waals surface area contributed by atoms with Gasteiger partial charge in [0.1, 0.15) is 6.04 Å². The summed E-state index contributed by atoms with van der Waals surface area (Å²) in [5.74, 6) is -0.468. The average Bonchev–Trinajstić information content (AvgIpc) is 1.70. The molecule has 0 aliphatic heterocycles. The number of nitrogens with two attached hydrogens (primary N) is 4. The second-order valence-corrected chi connectivity index (χ2v) is 26.8. The van der Waals surface area contributed by atoms with Crippen LogP contribution in [-0.2, 0) is 17.6 Å². The van der Waals surface area contributed by atoms with Crippen molar-refractivity contribution in [3.8, 4) is 0 Å². The lowest BCUT2D eigenvalue weighted by molar-refractivity contribution is -0.120. The molecule has 31 heteroatoms. The fourth-order valence-corrected chi connectivity index (χ4v) is 11.0. The highest BCUT2D eigenvalue weighted by Crippen LogP contribution is 2.21. The predicted molar refractivity (Wildman–Crippen MR) is 389 cm³/mol. The van der Waals surface area contributed by atoms with E-state index in [1.54, 1.807) is 0 Å². The number of carbonyl (C=O) groups excluding carboxylic acids is 9. The second-order valence-electron chi connectivity index (χ2n) is 26.8. The highest BCUT2D eigenvalue weighted by atomic mass is 16.2. The Labute approximate surface area is 583 Å². The minimum atomic E-state index is -0.854. The lowest BCUT2D eigenvalue weighted by atomic mass is 10.0. The van der Waals surface area contributed by atoms with Gasteiger partial charge in [0.05, 0.1) is 24.2 Å². The van der Waals surface area contributed by atoms with E-state index in [4.69, 9.17) is 22.9 Å². The first-order valence-corrected chi connectivity index (χ1v) is 35.2. The Hall–Kier alpha value is -8.97. The topological polar surface area (TPSA) is 482 Å². The number of fused-ring (bicyclic) bond motifs is 2. The number of hydrogen-bond acceptors (Lipinski definition) is 12. The van der Waals surface area contributed by atoms with Crippen LogP contribution in [0.2, 0.25) is 0 Å². The van der Waals surface area contributed by atoms with Crippen LogP contribution in [-0.4, -0.2) is 184 Å². The van der Waals surface area contributed by atoms with E-state index < -0.39 is 90.4 Å². The maximum atomic E-state index is 13.9. The largest absolute Gasteiger partial charge is 0.368 e. The molecule has 554 valence electrons. The number of aromatic nitrogens is 2. The third kappa shape index (κ3) is 33.4. The van der Waals surface area contributed by atoms with Crippen LogP contribution in [0, 0.1) is 17.8 Å². The van der Waals surface area contributed by atoms with E-state index >= 15 is 0 Å². The molecule has 17 amide bonds. The first kappa shape index (κ1) is 82.5. The molecule has 4 aromatic rings. The highest BCUT2D eigenvalue weighted by Gasteiger charge is 2.26. The van der Waals surface area contributed by atoms with Crippen molar-refractivity contribution in [2.24, 2.45) is 40.7 Å². The molecule has 8 atom stereocenters. The third-order valence-corrected chi connectivity index (χ3v) is 16.8. The number of primary amides is 1. The number of urea groups is 8. The lowest BCUT2D eigenvalue weighted by Gasteiger charge is -2.26. The molecular weight excluding hydrogens is 1270 g/mol. The number of nitrogens with one attached hydrogen (secondary N) is 18. The zero-order valence-corrected chi connectivity index (χ0v) is 59.4. The molecular formula is C68H118N22O9. The summed E-state index contributed by atoms with van der Waals surface area (Å²) in [6.45, 7) is 17.2. The van der Waals surface area contributed by atoms with Crippen LogP contribution in [0.1, 0.15) is 137 Å². The van der Waals surface area contributed by atoms with E-state index in [1.807, 2.05) is 116 Å². The van der Waals surface area contributed by atoms with E-state index in [0.717, 1.165) is 32.9 Å². The molecule has 0 spiro atoms. The van der Waals surface area contributed by atoms with Crippen molar-refractivity contribution in [2.45, 2.75) is 193 Å². The van der Waals surface area contributed by atoms with Gasteiger partial charge in [-0.2, -0.15) is 0 Å². The Kier molecular flexibility index (Phi) is 38.0. The van der Waals surface area contributed by atoms with Gasteiger partial charge >= 0.3 is 48.2 Å². The van der Waals surface area contributed by atoms with Crippen LogP contribution in [0.5, 0.6) is 0 Å². The Morgan fingerprint density at radius 2 is 0.687 bits per heavy atom. The molecule has 4 rings (SSSR count). The van der Waals surface area contributed by atoms with E-state index in [0.29, 0.717) is 109 Å². The summed E-state index contributed by atoms with van der Waals surface area (Å²) in [7, 11) is 0. The zero-order valence-electron chi connectivity index (χ0n) is 59.4. The van der Waals surface area contributed by atoms with Crippen molar-refractivity contribution >= 4 is 76.0 Å². The van der Waals surface area contributed by atoms with Gasteiger partial charge in [-0.3, -0.25) is 4.79 Å². The van der Waals surface area contributed by atoms with Crippen LogP contribution in [0.25, 0.3) is 21.8 Å². The average molecular weight is 1390 g/mol. The fraction of sp³-hybridized carbons (Fsp3) is 0.632. The van der Waals surface area contributed by atoms with Crippen molar-refractivity contribution in [1.29, 1.82) is 0 Å². The molecule has 2 heterocycles. The molecule has 26 N–H and O–H groups in total. The molecule has 0 aliphatic carbocycles. The normalized spacial score (nSPS) is 13.8. The Bertz CT molecular complexity index is 3090. The van der Waals surface area contributed by atoms with E-state index in [-0.39, 0.29) is 75.8 Å². The van der Waals surface area contributed by atoms with Gasteiger partial charge < -0.3 is 118 Å². The van der Waals surface area contributed by atoms with E-state index in [2.05, 4.69) is 95.0 Å². The number of amides is 17. The summed E-state index contributed by atoms with van der Waals surface area (Å²) < 4.78 is 0. The molecule has 2 aromatic heterocycles. The molecule has 0 saturated carbocycles. The van der Waals surface area contributed by atoms with Gasteiger partial charge in [0, 0.05) is 104 Å². The Morgan fingerprint density at radius 3 is 1.03 bits per heavy atom. The highest BCUT2D eigenvalue weighted by molar-refractivity contribution is 5.87. The van der Waals surface area contributed by atoms with Crippen molar-refractivity contribution < 1.29 is 43.2 Å². The fourth-order valence-electron chi connectivity index (χ4n) is 11.0. The summed E-state index contributed by atoms with van der Waals surface area (Å²) in [5, 5.41) is 48.3. The molecule has 99 heavy (non-hydrogen) atoms. The second kappa shape index (κ2) is 45.6. The molecule has 0 bridgehead atoms. The van der Waals surface area contributed by atoms with Crippen molar-refractivity contribution in [2.75, 3.05) is 65.4 Å². The SMILES string of the molecule is CC(C)CC[C@H](NC(=O)NC[C@H](CCCCN)NC(=O)NC[C@H](Cc1c[nH]c2ccccc12)NC(=O)NC[C@H](CCCCN)NC(=O)NC[C@@H](NC(=O)NC[C@H](Cc1c[nH]c2ccccc12)NC(=O)NC[C@H](CCCCN)NC(=O)NC[C@@H](NC(=O)NC(C)C)C(C)C)C(C)C)C(N)=O. The molecule has 0 fully saturated rings. The van der Waals surface area contributed by atoms with Crippen molar-refractivity contribution in [3.05, 3.63) is 72.1 Å². The van der Waals surface area contributed by atoms with Crippen LogP contribution < -0.4 is 108 Å². The smallest absolute Gasteiger partial charge is 0.315 e. The molecule has 0 aliphatic rings. The third-order valence-electron chi connectivity index (χ3n) is 16.8. The Morgan fingerprint density at radius 1 is 0.364 bits per heavy atom. The maximum Gasteiger partial charge on any atom is 0.315 e. The summed E-state index contributed by atoms with van der Waals surface area (Å²) in [5.41, 5.74) is 26.6. The van der Waals surface area contributed by atoms with Crippen LogP contribution in [0.3, 0.4) is 0 Å². The van der Waals surface area contributed by atoms with Crippen LogP contribution in [0.15, 0.2) is 60.9 Å². The van der Waals surface area contributed by atoms with Gasteiger partial charge in [-0.05, 0) is 139 Å². The molecule has 0 radical (unpaired) electrons. The summed E-state index contributed by atoms with van der Waals surface area (Å²) >= 11 is 0. The number of hydrogen-bond donors (Lipinski definition) is 22. The number of H-pyrrole nitrogens is 2. The number of para-hydroxylation sites is 2. The summed E-state index contributed by atoms with van der Waals surface area (Å²) in [4.78, 5) is 126. The number of unbranched alkanes of at least 4 members (excludes halogenated alkanes) is 3. The first-order valence-electron chi connectivity index (χ1n) is 35.2. The summed E-state index contributed by atoms with van der Waals surface area (Å²) in [6.07, 6.45) is 11.0. The number of carbonyl (C=O) groups is 9. The maximum absolute atomic E-state index is 13.9. The van der Waals surface area contributed by atoms with E-state index in [9.17, 15) is 43.2 Å².